The highest BCUT2D eigenvalue weighted by molar-refractivity contribution is 6.01. The first-order chi connectivity index (χ1) is 13.0. The smallest absolute Gasteiger partial charge is 0.178 e. The fourth-order valence-corrected chi connectivity index (χ4v) is 7.30. The molecule has 0 heterocycles. The standard InChI is InChI=1S/C22H30FNO4/c1-12-8-16-15-5-4-13-9-14(25)6-7-19(13,2)21(15,23)17(26)10-20(16,3)22(12,28)18(27)11-24/h6-7,9,12,15-17,26,28H,4-5,8,10-11,24H2,1-3H3/t12-,15-,16-,17-,19-,20-,21-,22-/m0/s1. The van der Waals surface area contributed by atoms with Gasteiger partial charge in [-0.25, -0.2) is 4.39 Å². The Kier molecular flexibility index (Phi) is 4.15. The molecule has 154 valence electrons. The maximum atomic E-state index is 16.9. The molecule has 5 nitrogen and oxygen atoms in total. The summed E-state index contributed by atoms with van der Waals surface area (Å²) in [4.78, 5) is 24.5. The second-order valence-corrected chi connectivity index (χ2v) is 9.80. The number of allylic oxidation sites excluding steroid dienone is 4. The van der Waals surface area contributed by atoms with Crippen LogP contribution in [0.25, 0.3) is 0 Å². The Hall–Kier alpha value is -1.37. The van der Waals surface area contributed by atoms with Crippen LogP contribution in [-0.4, -0.2) is 45.7 Å². The summed E-state index contributed by atoms with van der Waals surface area (Å²) >= 11 is 0. The maximum Gasteiger partial charge on any atom is 0.178 e. The summed E-state index contributed by atoms with van der Waals surface area (Å²) in [5.74, 6) is -1.71. The molecule has 0 radical (unpaired) electrons. The molecule has 0 saturated heterocycles. The molecular formula is C22H30FNO4. The summed E-state index contributed by atoms with van der Waals surface area (Å²) in [6.07, 6.45) is 4.70. The Labute approximate surface area is 164 Å². The number of halogens is 1. The quantitative estimate of drug-likeness (QED) is 0.667. The van der Waals surface area contributed by atoms with Crippen LogP contribution in [0.1, 0.15) is 46.5 Å². The van der Waals surface area contributed by atoms with Crippen LogP contribution >= 0.6 is 0 Å². The lowest BCUT2D eigenvalue weighted by Gasteiger charge is -2.62. The van der Waals surface area contributed by atoms with E-state index in [0.29, 0.717) is 19.3 Å². The monoisotopic (exact) mass is 391 g/mol. The molecule has 28 heavy (non-hydrogen) atoms. The van der Waals surface area contributed by atoms with E-state index in [2.05, 4.69) is 0 Å². The van der Waals surface area contributed by atoms with Crippen molar-refractivity contribution in [1.82, 2.24) is 0 Å². The third-order valence-corrected chi connectivity index (χ3v) is 8.83. The van der Waals surface area contributed by atoms with Crippen LogP contribution in [0.5, 0.6) is 0 Å². The minimum Gasteiger partial charge on any atom is -0.390 e. The molecule has 3 saturated carbocycles. The van der Waals surface area contributed by atoms with Crippen molar-refractivity contribution in [3.8, 4) is 0 Å². The molecule has 0 aliphatic heterocycles. The highest BCUT2D eigenvalue weighted by Gasteiger charge is 2.75. The molecule has 4 aliphatic carbocycles. The van der Waals surface area contributed by atoms with E-state index < -0.39 is 39.9 Å². The first-order valence-electron chi connectivity index (χ1n) is 10.2. The molecule has 8 atom stereocenters. The lowest BCUT2D eigenvalue weighted by atomic mass is 9.44. The highest BCUT2D eigenvalue weighted by atomic mass is 19.1. The number of hydrogen-bond donors (Lipinski definition) is 3. The number of alkyl halides is 1. The third kappa shape index (κ3) is 2.01. The summed E-state index contributed by atoms with van der Waals surface area (Å²) in [5, 5.41) is 22.6. The molecule has 0 aromatic rings. The molecule has 4 rings (SSSR count). The Morgan fingerprint density at radius 3 is 2.68 bits per heavy atom. The second-order valence-electron chi connectivity index (χ2n) is 9.80. The number of nitrogens with two attached hydrogens (primary N) is 1. The topological polar surface area (TPSA) is 101 Å². The lowest BCUT2D eigenvalue weighted by molar-refractivity contribution is -0.218. The van der Waals surface area contributed by atoms with E-state index in [1.165, 1.54) is 12.2 Å². The van der Waals surface area contributed by atoms with Crippen molar-refractivity contribution in [1.29, 1.82) is 0 Å². The summed E-state index contributed by atoms with van der Waals surface area (Å²) in [6, 6.07) is 0. The average Bonchev–Trinajstić information content (AvgIpc) is 2.84. The predicted octanol–water partition coefficient (Wildman–Crippen LogP) is 1.86. The molecule has 0 bridgehead atoms. The Balaban J connectivity index is 1.84. The Morgan fingerprint density at radius 2 is 2.04 bits per heavy atom. The number of fused-ring (bicyclic) bond motifs is 5. The second kappa shape index (κ2) is 5.83. The van der Waals surface area contributed by atoms with Gasteiger partial charge in [-0.05, 0) is 56.6 Å². The minimum atomic E-state index is -1.95. The average molecular weight is 391 g/mol. The summed E-state index contributed by atoms with van der Waals surface area (Å²) in [7, 11) is 0. The number of aliphatic hydroxyl groups is 2. The van der Waals surface area contributed by atoms with Gasteiger partial charge in [0.25, 0.3) is 0 Å². The molecule has 0 unspecified atom stereocenters. The molecule has 4 N–H and O–H groups in total. The Bertz CT molecular complexity index is 808. The molecule has 6 heteroatoms. The van der Waals surface area contributed by atoms with Crippen LogP contribution < -0.4 is 5.73 Å². The predicted molar refractivity (Wildman–Crippen MR) is 102 cm³/mol. The zero-order chi connectivity index (χ0) is 20.7. The number of hydrogen-bond acceptors (Lipinski definition) is 5. The van der Waals surface area contributed by atoms with Crippen LogP contribution in [0.15, 0.2) is 23.8 Å². The van der Waals surface area contributed by atoms with Gasteiger partial charge < -0.3 is 15.9 Å². The molecule has 0 amide bonds. The van der Waals surface area contributed by atoms with Crippen LogP contribution in [-0.2, 0) is 9.59 Å². The van der Waals surface area contributed by atoms with E-state index in [1.54, 1.807) is 13.0 Å². The molecule has 0 aromatic carbocycles. The van der Waals surface area contributed by atoms with Gasteiger partial charge in [0.1, 0.15) is 5.60 Å². The number of ketones is 2. The zero-order valence-electron chi connectivity index (χ0n) is 16.7. The van der Waals surface area contributed by atoms with Gasteiger partial charge in [0.2, 0.25) is 0 Å². The van der Waals surface area contributed by atoms with Crippen LogP contribution in [0.3, 0.4) is 0 Å². The van der Waals surface area contributed by atoms with Gasteiger partial charge in [-0.3, -0.25) is 9.59 Å². The summed E-state index contributed by atoms with van der Waals surface area (Å²) in [5.41, 5.74) is 0.711. The highest BCUT2D eigenvalue weighted by Crippen LogP contribution is 2.70. The van der Waals surface area contributed by atoms with Crippen LogP contribution in [0.4, 0.5) is 4.39 Å². The SMILES string of the molecule is C[C@H]1C[C@H]2[C@@H]3CCC4=CC(=O)C=C[C@]4(C)[C@@]3(F)[C@@H](O)C[C@]2(C)[C@@]1(O)C(=O)CN. The van der Waals surface area contributed by atoms with Gasteiger partial charge in [-0.15, -0.1) is 0 Å². The van der Waals surface area contributed by atoms with Crippen molar-refractivity contribution in [2.24, 2.45) is 34.3 Å². The van der Waals surface area contributed by atoms with Gasteiger partial charge in [-0.1, -0.05) is 25.5 Å². The zero-order valence-corrected chi connectivity index (χ0v) is 16.7. The lowest BCUT2D eigenvalue weighted by Crippen LogP contribution is -2.69. The van der Waals surface area contributed by atoms with Crippen LogP contribution in [0, 0.1) is 28.6 Å². The van der Waals surface area contributed by atoms with E-state index in [1.807, 2.05) is 13.8 Å². The van der Waals surface area contributed by atoms with E-state index in [-0.39, 0.29) is 30.6 Å². The van der Waals surface area contributed by atoms with E-state index in [4.69, 9.17) is 5.73 Å². The number of Topliss-reactive ketones (excluding diaryl/α,β-unsaturated/α-hetero) is 1. The van der Waals surface area contributed by atoms with Crippen molar-refractivity contribution in [3.63, 3.8) is 0 Å². The van der Waals surface area contributed by atoms with E-state index in [9.17, 15) is 19.8 Å². The number of carbonyl (C=O) groups excluding carboxylic acids is 2. The Morgan fingerprint density at radius 1 is 1.36 bits per heavy atom. The maximum absolute atomic E-state index is 16.9. The largest absolute Gasteiger partial charge is 0.390 e. The van der Waals surface area contributed by atoms with Crippen molar-refractivity contribution >= 4 is 11.6 Å². The van der Waals surface area contributed by atoms with Crippen molar-refractivity contribution < 1.29 is 24.2 Å². The van der Waals surface area contributed by atoms with Gasteiger partial charge >= 0.3 is 0 Å². The number of carbonyl (C=O) groups is 2. The molecule has 0 spiro atoms. The number of aliphatic hydroxyl groups excluding tert-OH is 1. The summed E-state index contributed by atoms with van der Waals surface area (Å²) < 4.78 is 16.9. The fraction of sp³-hybridized carbons (Fsp3) is 0.727. The first-order valence-corrected chi connectivity index (χ1v) is 10.2. The normalized spacial score (nSPS) is 52.5. The minimum absolute atomic E-state index is 0.0120. The van der Waals surface area contributed by atoms with Gasteiger partial charge in [0, 0.05) is 16.7 Å². The first kappa shape index (κ1) is 19.9. The van der Waals surface area contributed by atoms with Crippen molar-refractivity contribution in [2.75, 3.05) is 6.54 Å². The molecule has 4 aliphatic rings. The fourth-order valence-electron chi connectivity index (χ4n) is 7.30. The third-order valence-electron chi connectivity index (χ3n) is 8.83. The number of rotatable bonds is 2. The van der Waals surface area contributed by atoms with E-state index >= 15 is 4.39 Å². The molecule has 0 aromatic heterocycles. The van der Waals surface area contributed by atoms with Gasteiger partial charge in [0.15, 0.2) is 17.2 Å². The summed E-state index contributed by atoms with van der Waals surface area (Å²) in [6.45, 7) is 5.11. The van der Waals surface area contributed by atoms with Crippen molar-refractivity contribution in [2.45, 2.75) is 63.8 Å². The van der Waals surface area contributed by atoms with Gasteiger partial charge in [-0.2, -0.15) is 0 Å². The van der Waals surface area contributed by atoms with Crippen molar-refractivity contribution in [3.05, 3.63) is 23.8 Å². The molecular weight excluding hydrogens is 361 g/mol. The van der Waals surface area contributed by atoms with Gasteiger partial charge in [0.05, 0.1) is 12.6 Å². The van der Waals surface area contributed by atoms with E-state index in [0.717, 1.165) is 5.57 Å². The molecule has 3 fully saturated rings. The van der Waals surface area contributed by atoms with Crippen LogP contribution in [0.2, 0.25) is 0 Å².